The summed E-state index contributed by atoms with van der Waals surface area (Å²) in [7, 11) is 2.14. The summed E-state index contributed by atoms with van der Waals surface area (Å²) < 4.78 is 0. The second kappa shape index (κ2) is 4.64. The molecule has 1 saturated heterocycles. The van der Waals surface area contributed by atoms with E-state index < -0.39 is 0 Å². The maximum Gasteiger partial charge on any atom is 0.0782 e. The molecule has 0 aromatic rings. The number of rotatable bonds is 1. The van der Waals surface area contributed by atoms with Crippen molar-refractivity contribution in [3.63, 3.8) is 0 Å². The van der Waals surface area contributed by atoms with Crippen molar-refractivity contribution in [3.05, 3.63) is 0 Å². The van der Waals surface area contributed by atoms with Crippen LogP contribution in [0.1, 0.15) is 53.9 Å². The third-order valence-electron chi connectivity index (χ3n) is 4.35. The van der Waals surface area contributed by atoms with Crippen molar-refractivity contribution in [2.75, 3.05) is 13.6 Å². The number of thiocarbonyl (C=S) groups is 1. The molecule has 0 amide bonds. The topological polar surface area (TPSA) is 3.24 Å². The van der Waals surface area contributed by atoms with E-state index >= 15 is 0 Å². The van der Waals surface area contributed by atoms with Crippen molar-refractivity contribution in [2.24, 2.45) is 16.7 Å². The lowest BCUT2D eigenvalue weighted by Crippen LogP contribution is -2.41. The van der Waals surface area contributed by atoms with E-state index in [1.165, 1.54) is 12.8 Å². The van der Waals surface area contributed by atoms with Crippen LogP contribution in [0.4, 0.5) is 0 Å². The molecule has 1 atom stereocenters. The van der Waals surface area contributed by atoms with Gasteiger partial charge in [-0.25, -0.2) is 0 Å². The fourth-order valence-corrected chi connectivity index (χ4v) is 3.31. The van der Waals surface area contributed by atoms with Crippen LogP contribution in [0.25, 0.3) is 0 Å². The SMILES string of the molecule is CC(C)C1(C)CCN(C)C(=S)CC(C)(C)C1. The molecule has 1 nitrogen and oxygen atoms in total. The van der Waals surface area contributed by atoms with Crippen LogP contribution in [0.15, 0.2) is 0 Å². The highest BCUT2D eigenvalue weighted by Gasteiger charge is 2.37. The van der Waals surface area contributed by atoms with Crippen LogP contribution < -0.4 is 0 Å². The highest BCUT2D eigenvalue weighted by Crippen LogP contribution is 2.45. The summed E-state index contributed by atoms with van der Waals surface area (Å²) in [4.78, 5) is 3.41. The van der Waals surface area contributed by atoms with Crippen LogP contribution in [0.3, 0.4) is 0 Å². The van der Waals surface area contributed by atoms with Gasteiger partial charge in [-0.3, -0.25) is 0 Å². The molecule has 0 aliphatic carbocycles. The summed E-state index contributed by atoms with van der Waals surface area (Å²) in [6.07, 6.45) is 3.59. The maximum atomic E-state index is 5.49. The van der Waals surface area contributed by atoms with Crippen LogP contribution in [-0.4, -0.2) is 23.5 Å². The average molecular weight is 241 g/mol. The van der Waals surface area contributed by atoms with Gasteiger partial charge in [0.15, 0.2) is 0 Å². The minimum Gasteiger partial charge on any atom is -0.369 e. The van der Waals surface area contributed by atoms with Gasteiger partial charge in [0.2, 0.25) is 0 Å². The van der Waals surface area contributed by atoms with E-state index in [4.69, 9.17) is 12.2 Å². The number of hydrogen-bond acceptors (Lipinski definition) is 1. The lowest BCUT2D eigenvalue weighted by Gasteiger charge is -2.45. The predicted octanol–water partition coefficient (Wildman–Crippen LogP) is 4.12. The monoisotopic (exact) mass is 241 g/mol. The molecule has 94 valence electrons. The van der Waals surface area contributed by atoms with Crippen LogP contribution in [0.2, 0.25) is 0 Å². The molecular formula is C14H27NS. The first kappa shape index (κ1) is 14.0. The number of likely N-dealkylation sites (tertiary alicyclic amines) is 1. The molecule has 1 rings (SSSR count). The molecule has 1 aliphatic rings. The first-order chi connectivity index (χ1) is 7.16. The summed E-state index contributed by atoms with van der Waals surface area (Å²) in [6.45, 7) is 13.0. The highest BCUT2D eigenvalue weighted by atomic mass is 32.1. The third-order valence-corrected chi connectivity index (χ3v) is 4.81. The van der Waals surface area contributed by atoms with Crippen molar-refractivity contribution >= 4 is 17.2 Å². The van der Waals surface area contributed by atoms with Crippen molar-refractivity contribution in [3.8, 4) is 0 Å². The molecule has 0 N–H and O–H groups in total. The molecule has 16 heavy (non-hydrogen) atoms. The van der Waals surface area contributed by atoms with Gasteiger partial charge in [-0.05, 0) is 29.6 Å². The summed E-state index contributed by atoms with van der Waals surface area (Å²) in [5.41, 5.74) is 0.790. The second-order valence-corrected chi connectivity index (χ2v) is 7.36. The Kier molecular flexibility index (Phi) is 4.04. The Morgan fingerprint density at radius 1 is 1.25 bits per heavy atom. The van der Waals surface area contributed by atoms with Crippen molar-refractivity contribution in [2.45, 2.75) is 53.9 Å². The quantitative estimate of drug-likeness (QED) is 0.635. The molecule has 0 aromatic carbocycles. The van der Waals surface area contributed by atoms with Gasteiger partial charge >= 0.3 is 0 Å². The maximum absolute atomic E-state index is 5.49. The second-order valence-electron chi connectivity index (χ2n) is 6.89. The molecule has 0 saturated carbocycles. The van der Waals surface area contributed by atoms with Gasteiger partial charge in [0.1, 0.15) is 0 Å². The largest absolute Gasteiger partial charge is 0.369 e. The van der Waals surface area contributed by atoms with Crippen LogP contribution >= 0.6 is 12.2 Å². The molecule has 0 radical (unpaired) electrons. The fourth-order valence-electron chi connectivity index (χ4n) is 2.83. The summed E-state index contributed by atoms with van der Waals surface area (Å²) >= 11 is 5.49. The molecule has 1 aliphatic heterocycles. The van der Waals surface area contributed by atoms with Gasteiger partial charge in [-0.2, -0.15) is 0 Å². The van der Waals surface area contributed by atoms with Crippen molar-refractivity contribution in [1.29, 1.82) is 0 Å². The van der Waals surface area contributed by atoms with Crippen LogP contribution in [0, 0.1) is 16.7 Å². The lowest BCUT2D eigenvalue weighted by atomic mass is 9.64. The normalized spacial score (nSPS) is 31.4. The van der Waals surface area contributed by atoms with Crippen LogP contribution in [-0.2, 0) is 0 Å². The molecule has 2 heteroatoms. The Morgan fingerprint density at radius 3 is 2.31 bits per heavy atom. The average Bonchev–Trinajstić information content (AvgIpc) is 2.10. The van der Waals surface area contributed by atoms with E-state index in [2.05, 4.69) is 46.6 Å². The zero-order valence-corrected chi connectivity index (χ0v) is 12.6. The fraction of sp³-hybridized carbons (Fsp3) is 0.929. The summed E-state index contributed by atoms with van der Waals surface area (Å²) in [5, 5.41) is 0. The van der Waals surface area contributed by atoms with Gasteiger partial charge in [-0.15, -0.1) is 0 Å². The minimum absolute atomic E-state index is 0.338. The van der Waals surface area contributed by atoms with Gasteiger partial charge in [-0.1, -0.05) is 46.8 Å². The standard InChI is InChI=1S/C14H27NS/c1-11(2)14(5)7-8-15(6)12(16)9-13(3,4)10-14/h11H,7-10H2,1-6H3. The Hall–Kier alpha value is -0.110. The number of nitrogens with zero attached hydrogens (tertiary/aromatic N) is 1. The number of hydrogen-bond donors (Lipinski definition) is 0. The smallest absolute Gasteiger partial charge is 0.0782 e. The molecule has 0 spiro atoms. The van der Waals surface area contributed by atoms with Gasteiger partial charge < -0.3 is 4.90 Å². The predicted molar refractivity (Wildman–Crippen MR) is 75.8 cm³/mol. The first-order valence-corrected chi connectivity index (χ1v) is 6.81. The van der Waals surface area contributed by atoms with Crippen molar-refractivity contribution in [1.82, 2.24) is 4.90 Å². The molecule has 1 fully saturated rings. The lowest BCUT2D eigenvalue weighted by molar-refractivity contribution is 0.0945. The van der Waals surface area contributed by atoms with Crippen LogP contribution in [0.5, 0.6) is 0 Å². The molecule has 0 aromatic heterocycles. The highest BCUT2D eigenvalue weighted by molar-refractivity contribution is 7.80. The van der Waals surface area contributed by atoms with Crippen molar-refractivity contribution < 1.29 is 0 Å². The van der Waals surface area contributed by atoms with Gasteiger partial charge in [0, 0.05) is 20.0 Å². The first-order valence-electron chi connectivity index (χ1n) is 6.40. The molecular weight excluding hydrogens is 214 g/mol. The minimum atomic E-state index is 0.338. The van der Waals surface area contributed by atoms with Gasteiger partial charge in [0.05, 0.1) is 4.99 Å². The molecule has 0 bridgehead atoms. The summed E-state index contributed by atoms with van der Waals surface area (Å²) in [6, 6.07) is 0. The van der Waals surface area contributed by atoms with Gasteiger partial charge in [0.25, 0.3) is 0 Å². The van der Waals surface area contributed by atoms with E-state index in [1.807, 2.05) is 0 Å². The summed E-state index contributed by atoms with van der Waals surface area (Å²) in [5.74, 6) is 0.742. The van der Waals surface area contributed by atoms with E-state index in [9.17, 15) is 0 Å². The Bertz CT molecular complexity index is 270. The van der Waals surface area contributed by atoms with E-state index in [0.717, 1.165) is 23.9 Å². The van der Waals surface area contributed by atoms with E-state index in [1.54, 1.807) is 0 Å². The Balaban J connectivity index is 2.91. The van der Waals surface area contributed by atoms with E-state index in [-0.39, 0.29) is 0 Å². The Labute approximate surface area is 107 Å². The molecule has 1 heterocycles. The zero-order valence-electron chi connectivity index (χ0n) is 11.8. The third kappa shape index (κ3) is 3.19. The Morgan fingerprint density at radius 2 is 1.81 bits per heavy atom. The molecule has 1 unspecified atom stereocenters. The van der Waals surface area contributed by atoms with E-state index in [0.29, 0.717) is 10.8 Å². The zero-order chi connectivity index (χ0) is 12.6.